The van der Waals surface area contributed by atoms with Crippen LogP contribution in [-0.4, -0.2) is 21.9 Å². The largest absolute Gasteiger partial charge is 0.311 e. The molecule has 138 valence electrons. The molecule has 2 atom stereocenters. The summed E-state index contributed by atoms with van der Waals surface area (Å²) in [7, 11) is 0. The quantitative estimate of drug-likeness (QED) is 0.876. The molecule has 2 aromatic rings. The fraction of sp³-hybridized carbons (Fsp3) is 0.261. The van der Waals surface area contributed by atoms with Crippen LogP contribution in [0.4, 0.5) is 0 Å². The minimum absolute atomic E-state index is 0.144. The Bertz CT molecular complexity index is 854. The van der Waals surface area contributed by atoms with E-state index in [4.69, 9.17) is 0 Å². The molecule has 1 amide bonds. The Balaban J connectivity index is 1.45. The van der Waals surface area contributed by atoms with E-state index in [0.717, 1.165) is 24.0 Å². The Morgan fingerprint density at radius 1 is 1.07 bits per heavy atom. The van der Waals surface area contributed by atoms with Crippen molar-refractivity contribution in [2.45, 2.75) is 38.4 Å². The molecule has 4 heteroatoms. The smallest absolute Gasteiger partial charge is 0.251 e. The lowest BCUT2D eigenvalue weighted by atomic mass is 9.99. The van der Waals surface area contributed by atoms with E-state index < -0.39 is 0 Å². The molecule has 0 aromatic heterocycles. The van der Waals surface area contributed by atoms with Gasteiger partial charge in [0.2, 0.25) is 0 Å². The van der Waals surface area contributed by atoms with Gasteiger partial charge in [0.15, 0.2) is 0 Å². The average molecular weight is 359 g/mol. The van der Waals surface area contributed by atoms with E-state index in [1.807, 2.05) is 40.5 Å². The number of aryl methyl sites for hydroxylation is 1. The summed E-state index contributed by atoms with van der Waals surface area (Å²) in [5, 5.41) is 1.96. The Morgan fingerprint density at radius 3 is 2.44 bits per heavy atom. The lowest BCUT2D eigenvalue weighted by molar-refractivity contribution is -0.134. The normalized spacial score (nSPS) is 21.4. The first-order valence-corrected chi connectivity index (χ1v) is 9.51. The molecule has 4 nitrogen and oxygen atoms in total. The Morgan fingerprint density at radius 2 is 1.78 bits per heavy atom. The third-order valence-electron chi connectivity index (χ3n) is 5.43. The van der Waals surface area contributed by atoms with Crippen molar-refractivity contribution in [3.8, 4) is 0 Å². The summed E-state index contributed by atoms with van der Waals surface area (Å²) in [6, 6.07) is 16.9. The number of hydrazine groups is 1. The van der Waals surface area contributed by atoms with Crippen LogP contribution >= 0.6 is 0 Å². The highest BCUT2D eigenvalue weighted by atomic mass is 16.2. The van der Waals surface area contributed by atoms with Crippen LogP contribution in [0.15, 0.2) is 67.5 Å². The van der Waals surface area contributed by atoms with Crippen molar-refractivity contribution in [3.05, 3.63) is 89.8 Å². The lowest BCUT2D eigenvalue weighted by Gasteiger charge is -2.31. The Kier molecular flexibility index (Phi) is 4.82. The minimum atomic E-state index is -0.154. The summed E-state index contributed by atoms with van der Waals surface area (Å²) in [6.07, 6.45) is 7.49. The average Bonchev–Trinajstić information content (AvgIpc) is 3.16. The first-order valence-electron chi connectivity index (χ1n) is 9.51. The molecule has 2 aliphatic rings. The standard InChI is InChI=1S/C23H25N3O/c1-3-17-5-7-19(8-6-17)16-25-13-14-26-22(23(25)27)15-21(24-26)20-11-9-18(4-2)10-12-20/h3,5-14,21-22,24H,1,4,15-16H2,2H3. The van der Waals surface area contributed by atoms with E-state index in [1.54, 1.807) is 0 Å². The number of hydrogen-bond donors (Lipinski definition) is 1. The van der Waals surface area contributed by atoms with Gasteiger partial charge in [-0.3, -0.25) is 4.79 Å². The topological polar surface area (TPSA) is 35.6 Å². The van der Waals surface area contributed by atoms with Crippen LogP contribution in [0.1, 0.15) is 41.6 Å². The molecule has 2 unspecified atom stereocenters. The van der Waals surface area contributed by atoms with Gasteiger partial charge in [-0.15, -0.1) is 0 Å². The molecule has 1 saturated heterocycles. The van der Waals surface area contributed by atoms with Crippen LogP contribution in [0.3, 0.4) is 0 Å². The monoisotopic (exact) mass is 359 g/mol. The van der Waals surface area contributed by atoms with Gasteiger partial charge in [0.25, 0.3) is 5.91 Å². The summed E-state index contributed by atoms with van der Waals surface area (Å²) in [5.74, 6) is 0.144. The number of carbonyl (C=O) groups is 1. The van der Waals surface area contributed by atoms with E-state index in [1.165, 1.54) is 11.1 Å². The van der Waals surface area contributed by atoms with Gasteiger partial charge in [0.1, 0.15) is 6.04 Å². The number of nitrogens with zero attached hydrogens (tertiary/aromatic N) is 2. The Labute approximate surface area is 160 Å². The molecule has 0 aliphatic carbocycles. The van der Waals surface area contributed by atoms with Crippen LogP contribution in [0.25, 0.3) is 6.08 Å². The van der Waals surface area contributed by atoms with Crippen molar-refractivity contribution in [1.29, 1.82) is 0 Å². The van der Waals surface area contributed by atoms with E-state index in [9.17, 15) is 4.79 Å². The van der Waals surface area contributed by atoms with Gasteiger partial charge in [-0.1, -0.05) is 68.1 Å². The van der Waals surface area contributed by atoms with Crippen molar-refractivity contribution in [2.24, 2.45) is 0 Å². The molecule has 0 spiro atoms. The van der Waals surface area contributed by atoms with E-state index in [2.05, 4.69) is 55.3 Å². The van der Waals surface area contributed by atoms with Crippen LogP contribution < -0.4 is 5.43 Å². The van der Waals surface area contributed by atoms with Crippen molar-refractivity contribution in [2.75, 3.05) is 0 Å². The zero-order valence-electron chi connectivity index (χ0n) is 15.6. The minimum Gasteiger partial charge on any atom is -0.311 e. The van der Waals surface area contributed by atoms with Gasteiger partial charge in [0, 0.05) is 12.4 Å². The van der Waals surface area contributed by atoms with Crippen molar-refractivity contribution in [3.63, 3.8) is 0 Å². The maximum atomic E-state index is 13.0. The highest BCUT2D eigenvalue weighted by molar-refractivity contribution is 5.84. The maximum Gasteiger partial charge on any atom is 0.251 e. The van der Waals surface area contributed by atoms with Crippen molar-refractivity contribution < 1.29 is 4.79 Å². The summed E-state index contributed by atoms with van der Waals surface area (Å²) in [5.41, 5.74) is 8.23. The summed E-state index contributed by atoms with van der Waals surface area (Å²) in [4.78, 5) is 14.8. The first kappa shape index (κ1) is 17.6. The van der Waals surface area contributed by atoms with Gasteiger partial charge in [-0.05, 0) is 35.1 Å². The number of hydrogen-bond acceptors (Lipinski definition) is 3. The fourth-order valence-electron chi connectivity index (χ4n) is 3.73. The van der Waals surface area contributed by atoms with Gasteiger partial charge in [0.05, 0.1) is 12.6 Å². The maximum absolute atomic E-state index is 13.0. The molecule has 0 radical (unpaired) electrons. The zero-order valence-corrected chi connectivity index (χ0v) is 15.6. The Hall–Kier alpha value is -2.85. The van der Waals surface area contributed by atoms with Crippen molar-refractivity contribution in [1.82, 2.24) is 15.3 Å². The number of benzene rings is 2. The predicted molar refractivity (Wildman–Crippen MR) is 108 cm³/mol. The first-order chi connectivity index (χ1) is 13.2. The van der Waals surface area contributed by atoms with Gasteiger partial charge in [-0.2, -0.15) is 0 Å². The highest BCUT2D eigenvalue weighted by Gasteiger charge is 2.39. The number of nitrogens with one attached hydrogen (secondary N) is 1. The molecule has 0 saturated carbocycles. The lowest BCUT2D eigenvalue weighted by Crippen LogP contribution is -2.47. The van der Waals surface area contributed by atoms with Crippen molar-refractivity contribution >= 4 is 12.0 Å². The molecule has 1 N–H and O–H groups in total. The molecular weight excluding hydrogens is 334 g/mol. The van der Waals surface area contributed by atoms with E-state index in [-0.39, 0.29) is 18.0 Å². The van der Waals surface area contributed by atoms with Gasteiger partial charge in [-0.25, -0.2) is 5.43 Å². The number of amides is 1. The molecule has 2 heterocycles. The number of carbonyl (C=O) groups excluding carboxylic acids is 1. The van der Waals surface area contributed by atoms with Crippen LogP contribution in [0.5, 0.6) is 0 Å². The molecule has 2 aromatic carbocycles. The second-order valence-electron chi connectivity index (χ2n) is 7.15. The van der Waals surface area contributed by atoms with Crippen LogP contribution in [0, 0.1) is 0 Å². The SMILES string of the molecule is C=Cc1ccc(CN2C=CN3NC(c4ccc(CC)cc4)CC3C2=O)cc1. The van der Waals surface area contributed by atoms with E-state index in [0.29, 0.717) is 6.54 Å². The third kappa shape index (κ3) is 3.53. The van der Waals surface area contributed by atoms with Gasteiger partial charge >= 0.3 is 0 Å². The second kappa shape index (κ2) is 7.41. The summed E-state index contributed by atoms with van der Waals surface area (Å²) in [6.45, 7) is 6.53. The molecule has 27 heavy (non-hydrogen) atoms. The highest BCUT2D eigenvalue weighted by Crippen LogP contribution is 2.31. The number of fused-ring (bicyclic) bond motifs is 1. The van der Waals surface area contributed by atoms with Crippen LogP contribution in [-0.2, 0) is 17.8 Å². The van der Waals surface area contributed by atoms with Crippen LogP contribution in [0.2, 0.25) is 0 Å². The number of rotatable bonds is 5. The van der Waals surface area contributed by atoms with Gasteiger partial charge < -0.3 is 9.91 Å². The molecular formula is C23H25N3O. The van der Waals surface area contributed by atoms with E-state index >= 15 is 0 Å². The summed E-state index contributed by atoms with van der Waals surface area (Å²) < 4.78 is 0. The molecule has 2 aliphatic heterocycles. The zero-order chi connectivity index (χ0) is 18.8. The molecule has 4 rings (SSSR count). The fourth-order valence-corrected chi connectivity index (χ4v) is 3.73. The third-order valence-corrected chi connectivity index (χ3v) is 5.43. The second-order valence-corrected chi connectivity index (χ2v) is 7.15. The summed E-state index contributed by atoms with van der Waals surface area (Å²) >= 11 is 0. The molecule has 0 bridgehead atoms. The molecule has 1 fully saturated rings. The predicted octanol–water partition coefficient (Wildman–Crippen LogP) is 4.03.